The lowest BCUT2D eigenvalue weighted by Gasteiger charge is -2.12. The second-order valence-corrected chi connectivity index (χ2v) is 4.84. The summed E-state index contributed by atoms with van der Waals surface area (Å²) < 4.78 is 5.59. The number of nitro groups is 1. The highest BCUT2D eigenvalue weighted by molar-refractivity contribution is 5.80. The summed E-state index contributed by atoms with van der Waals surface area (Å²) in [4.78, 5) is 22.2. The molecule has 122 valence electrons. The Kier molecular flexibility index (Phi) is 5.44. The van der Waals surface area contributed by atoms with Gasteiger partial charge >= 0.3 is 5.69 Å². The van der Waals surface area contributed by atoms with Crippen LogP contribution in [0.2, 0.25) is 0 Å². The largest absolute Gasteiger partial charge is 0.482 e. The maximum absolute atomic E-state index is 11.5. The van der Waals surface area contributed by atoms with Crippen molar-refractivity contribution in [3.8, 4) is 11.8 Å². The van der Waals surface area contributed by atoms with E-state index in [9.17, 15) is 14.9 Å². The van der Waals surface area contributed by atoms with E-state index in [1.807, 2.05) is 23.6 Å². The van der Waals surface area contributed by atoms with Crippen molar-refractivity contribution in [3.05, 3.63) is 69.3 Å². The smallest absolute Gasteiger partial charge is 0.328 e. The Hall–Kier alpha value is -3.44. The molecule has 0 saturated heterocycles. The number of benzene rings is 2. The van der Waals surface area contributed by atoms with Gasteiger partial charge in [0.2, 0.25) is 11.7 Å². The fourth-order valence-corrected chi connectivity index (χ4v) is 2.14. The van der Waals surface area contributed by atoms with Crippen molar-refractivity contribution in [1.29, 1.82) is 5.26 Å². The second-order valence-electron chi connectivity index (χ2n) is 4.84. The van der Waals surface area contributed by atoms with Gasteiger partial charge in [0.1, 0.15) is 18.2 Å². The molecular formula is C16H14N4O4. The molecule has 0 aliphatic heterocycles. The molecule has 0 atom stereocenters. The minimum absolute atomic E-state index is 0.0633. The highest BCUT2D eigenvalue weighted by Gasteiger charge is 2.26. The van der Waals surface area contributed by atoms with Gasteiger partial charge in [0.25, 0.3) is 0 Å². The molecule has 0 spiro atoms. The molecule has 24 heavy (non-hydrogen) atoms. The van der Waals surface area contributed by atoms with Crippen LogP contribution in [0.4, 0.5) is 5.69 Å². The van der Waals surface area contributed by atoms with Gasteiger partial charge in [-0.25, -0.2) is 5.84 Å². The number of ether oxygens (including phenoxy) is 1. The number of rotatable bonds is 6. The van der Waals surface area contributed by atoms with Gasteiger partial charge in [-0.1, -0.05) is 36.4 Å². The zero-order valence-electron chi connectivity index (χ0n) is 12.6. The van der Waals surface area contributed by atoms with Gasteiger partial charge < -0.3 is 4.74 Å². The predicted octanol–water partition coefficient (Wildman–Crippen LogP) is 1.58. The normalized spacial score (nSPS) is 9.83. The minimum atomic E-state index is -0.692. The molecule has 0 aliphatic rings. The summed E-state index contributed by atoms with van der Waals surface area (Å²) >= 11 is 0. The first-order valence-corrected chi connectivity index (χ1v) is 6.93. The van der Waals surface area contributed by atoms with Gasteiger partial charge in [-0.3, -0.25) is 20.3 Å². The first-order valence-electron chi connectivity index (χ1n) is 6.93. The summed E-state index contributed by atoms with van der Waals surface area (Å²) in [6.45, 7) is 0.0633. The molecule has 0 radical (unpaired) electrons. The first-order chi connectivity index (χ1) is 11.6. The van der Waals surface area contributed by atoms with Crippen LogP contribution >= 0.6 is 0 Å². The molecule has 3 N–H and O–H groups in total. The Labute approximate surface area is 137 Å². The Morgan fingerprint density at radius 3 is 2.58 bits per heavy atom. The zero-order chi connectivity index (χ0) is 17.5. The number of carbonyl (C=O) groups is 1. The van der Waals surface area contributed by atoms with Gasteiger partial charge in [0, 0.05) is 5.56 Å². The van der Waals surface area contributed by atoms with Crippen molar-refractivity contribution >= 4 is 11.6 Å². The third kappa shape index (κ3) is 3.85. The highest BCUT2D eigenvalue weighted by atomic mass is 16.6. The Morgan fingerprint density at radius 1 is 1.29 bits per heavy atom. The van der Waals surface area contributed by atoms with Crippen molar-refractivity contribution in [2.75, 3.05) is 0 Å². The molecule has 0 heterocycles. The SMILES string of the molecule is N#Cc1ccc(CC(=O)NN)c(OCc2ccccc2)c1[N+](=O)[O-]. The van der Waals surface area contributed by atoms with Gasteiger partial charge in [-0.15, -0.1) is 0 Å². The summed E-state index contributed by atoms with van der Waals surface area (Å²) in [7, 11) is 0. The van der Waals surface area contributed by atoms with Crippen LogP contribution in [0.25, 0.3) is 0 Å². The number of amides is 1. The van der Waals surface area contributed by atoms with E-state index in [1.165, 1.54) is 12.1 Å². The van der Waals surface area contributed by atoms with Crippen molar-refractivity contribution in [2.45, 2.75) is 13.0 Å². The maximum Gasteiger partial charge on any atom is 0.328 e. The monoisotopic (exact) mass is 326 g/mol. The second kappa shape index (κ2) is 7.71. The summed E-state index contributed by atoms with van der Waals surface area (Å²) in [6, 6.07) is 13.5. The number of nitrogens with two attached hydrogens (primary N) is 1. The zero-order valence-corrected chi connectivity index (χ0v) is 12.6. The van der Waals surface area contributed by atoms with E-state index in [0.29, 0.717) is 0 Å². The van der Waals surface area contributed by atoms with Crippen LogP contribution in [0.15, 0.2) is 42.5 Å². The molecule has 0 bridgehead atoms. The lowest BCUT2D eigenvalue weighted by Crippen LogP contribution is -2.31. The standard InChI is InChI=1S/C16H14N4O4/c17-9-13-7-6-12(8-14(21)19-18)16(15(13)20(22)23)24-10-11-4-2-1-3-5-11/h1-7H,8,10,18H2,(H,19,21). The number of hydrogen-bond acceptors (Lipinski definition) is 6. The highest BCUT2D eigenvalue weighted by Crippen LogP contribution is 2.35. The molecule has 2 aromatic rings. The average molecular weight is 326 g/mol. The van der Waals surface area contributed by atoms with E-state index in [-0.39, 0.29) is 29.9 Å². The Balaban J connectivity index is 2.44. The lowest BCUT2D eigenvalue weighted by atomic mass is 10.0. The third-order valence-corrected chi connectivity index (χ3v) is 3.25. The van der Waals surface area contributed by atoms with E-state index >= 15 is 0 Å². The molecule has 8 nitrogen and oxygen atoms in total. The Morgan fingerprint density at radius 2 is 2.00 bits per heavy atom. The topological polar surface area (TPSA) is 131 Å². The van der Waals surface area contributed by atoms with Gasteiger partial charge in [0.15, 0.2) is 0 Å². The quantitative estimate of drug-likeness (QED) is 0.358. The molecule has 0 fully saturated rings. The predicted molar refractivity (Wildman–Crippen MR) is 84.6 cm³/mol. The van der Waals surface area contributed by atoms with E-state index < -0.39 is 16.5 Å². The third-order valence-electron chi connectivity index (χ3n) is 3.25. The number of carbonyl (C=O) groups excluding carboxylic acids is 1. The number of nitrogens with one attached hydrogen (secondary N) is 1. The maximum atomic E-state index is 11.5. The van der Waals surface area contributed by atoms with Gasteiger partial charge in [-0.05, 0) is 11.6 Å². The molecule has 0 saturated carbocycles. The summed E-state index contributed by atoms with van der Waals surface area (Å²) in [6.07, 6.45) is -0.201. The van der Waals surface area contributed by atoms with E-state index in [2.05, 4.69) is 0 Å². The summed E-state index contributed by atoms with van der Waals surface area (Å²) in [5, 5.41) is 20.5. The average Bonchev–Trinajstić information content (AvgIpc) is 2.60. The van der Waals surface area contributed by atoms with Crippen molar-refractivity contribution in [2.24, 2.45) is 5.84 Å². The van der Waals surface area contributed by atoms with Crippen LogP contribution in [-0.2, 0) is 17.8 Å². The lowest BCUT2D eigenvalue weighted by molar-refractivity contribution is -0.386. The number of hydrazine groups is 1. The van der Waals surface area contributed by atoms with Crippen LogP contribution in [0.1, 0.15) is 16.7 Å². The molecule has 2 rings (SSSR count). The van der Waals surface area contributed by atoms with Crippen LogP contribution in [-0.4, -0.2) is 10.8 Å². The molecule has 2 aromatic carbocycles. The molecule has 8 heteroatoms. The Bertz CT molecular complexity index is 800. The first kappa shape index (κ1) is 16.9. The fourth-order valence-electron chi connectivity index (χ4n) is 2.14. The van der Waals surface area contributed by atoms with Crippen LogP contribution in [0.5, 0.6) is 5.75 Å². The van der Waals surface area contributed by atoms with Crippen molar-refractivity contribution in [1.82, 2.24) is 5.43 Å². The minimum Gasteiger partial charge on any atom is -0.482 e. The molecule has 0 aromatic heterocycles. The molecule has 0 unspecified atom stereocenters. The molecule has 0 aliphatic carbocycles. The van der Waals surface area contributed by atoms with Crippen LogP contribution in [0, 0.1) is 21.4 Å². The van der Waals surface area contributed by atoms with Crippen LogP contribution in [0.3, 0.4) is 0 Å². The summed E-state index contributed by atoms with van der Waals surface area (Å²) in [5.41, 5.74) is 2.43. The van der Waals surface area contributed by atoms with E-state index in [0.717, 1.165) is 5.56 Å². The number of nitriles is 1. The van der Waals surface area contributed by atoms with Crippen LogP contribution < -0.4 is 16.0 Å². The van der Waals surface area contributed by atoms with E-state index in [1.54, 1.807) is 18.2 Å². The molecule has 1 amide bonds. The summed E-state index contributed by atoms with van der Waals surface area (Å²) in [5.74, 6) is 4.43. The van der Waals surface area contributed by atoms with Crippen molar-refractivity contribution < 1.29 is 14.5 Å². The fraction of sp³-hybridized carbons (Fsp3) is 0.125. The van der Waals surface area contributed by atoms with Gasteiger partial charge in [0.05, 0.1) is 11.3 Å². The molecular weight excluding hydrogens is 312 g/mol. The van der Waals surface area contributed by atoms with E-state index in [4.69, 9.17) is 15.8 Å². The number of nitro benzene ring substituents is 1. The van der Waals surface area contributed by atoms with Gasteiger partial charge in [-0.2, -0.15) is 5.26 Å². The number of nitrogens with zero attached hydrogens (tertiary/aromatic N) is 2. The van der Waals surface area contributed by atoms with Crippen molar-refractivity contribution in [3.63, 3.8) is 0 Å². The number of hydrogen-bond donors (Lipinski definition) is 2.